The van der Waals surface area contributed by atoms with E-state index in [1.54, 1.807) is 0 Å². The van der Waals surface area contributed by atoms with Crippen molar-refractivity contribution in [3.8, 4) is 0 Å². The summed E-state index contributed by atoms with van der Waals surface area (Å²) in [6.45, 7) is 1.78. The van der Waals surface area contributed by atoms with Gasteiger partial charge >= 0.3 is 13.6 Å². The van der Waals surface area contributed by atoms with Gasteiger partial charge in [0.2, 0.25) is 0 Å². The van der Waals surface area contributed by atoms with Crippen molar-refractivity contribution in [2.24, 2.45) is 0 Å². The molecule has 0 aliphatic carbocycles. The highest BCUT2D eigenvalue weighted by Gasteiger charge is 2.46. The van der Waals surface area contributed by atoms with Crippen LogP contribution in [-0.4, -0.2) is 96.0 Å². The molecule has 2 aromatic heterocycles. The number of carbonyl (C=O) groups excluding carboxylic acids is 1. The average molecular weight is 504 g/mol. The second-order valence-corrected chi connectivity index (χ2v) is 9.22. The van der Waals surface area contributed by atoms with Crippen LogP contribution in [0.5, 0.6) is 0 Å². The van der Waals surface area contributed by atoms with Gasteiger partial charge in [0.25, 0.3) is 5.85 Å². The van der Waals surface area contributed by atoms with Gasteiger partial charge in [0, 0.05) is 6.54 Å². The Hall–Kier alpha value is -2.27. The number of aliphatic hydroxyl groups excluding tert-OH is 2. The lowest BCUT2D eigenvalue weighted by molar-refractivity contribution is -0.155. The van der Waals surface area contributed by atoms with Crippen molar-refractivity contribution in [1.82, 2.24) is 24.8 Å². The summed E-state index contributed by atoms with van der Waals surface area (Å²) in [6, 6.07) is 0. The smallest absolute Gasteiger partial charge is 0.365 e. The molecule has 4 heterocycles. The molecule has 17 heteroatoms. The number of rotatable bonds is 8. The molecule has 0 saturated carbocycles. The Morgan fingerprint density at radius 1 is 1.38 bits per heavy atom. The first-order valence-electron chi connectivity index (χ1n) is 10.3. The summed E-state index contributed by atoms with van der Waals surface area (Å²) in [5.74, 6) is -3.15. The first-order valence-corrected chi connectivity index (χ1v) is 12.0. The fourth-order valence-corrected chi connectivity index (χ4v) is 4.28. The predicted molar refractivity (Wildman–Crippen MR) is 111 cm³/mol. The zero-order chi connectivity index (χ0) is 24.6. The molecule has 2 aromatic rings. The maximum Gasteiger partial charge on any atom is 0.365 e. The van der Waals surface area contributed by atoms with Gasteiger partial charge in [-0.3, -0.25) is 14.4 Å². The first kappa shape index (κ1) is 24.8. The molecule has 2 aliphatic rings. The van der Waals surface area contributed by atoms with Crippen LogP contribution < -0.4 is 11.1 Å². The van der Waals surface area contributed by atoms with Crippen LogP contribution in [-0.2, 0) is 28.3 Å². The lowest BCUT2D eigenvalue weighted by Crippen LogP contribution is -2.36. The summed E-state index contributed by atoms with van der Waals surface area (Å²) in [4.78, 5) is 43.4. The van der Waals surface area contributed by atoms with Crippen LogP contribution in [0.2, 0.25) is 0 Å². The van der Waals surface area contributed by atoms with E-state index in [9.17, 15) is 29.4 Å². The van der Waals surface area contributed by atoms with Crippen molar-refractivity contribution in [2.45, 2.75) is 43.5 Å². The molecule has 2 fully saturated rings. The van der Waals surface area contributed by atoms with E-state index in [1.165, 1.54) is 17.8 Å². The summed E-state index contributed by atoms with van der Waals surface area (Å²) < 4.78 is 33.8. The highest BCUT2D eigenvalue weighted by Crippen LogP contribution is 2.43. The minimum atomic E-state index is -5.03. The van der Waals surface area contributed by atoms with Gasteiger partial charge in [-0.15, -0.1) is 0 Å². The number of hydrogen-bond acceptors (Lipinski definition) is 13. The molecule has 6 atom stereocenters. The highest BCUT2D eigenvalue weighted by molar-refractivity contribution is 7.53. The van der Waals surface area contributed by atoms with Crippen LogP contribution in [0.4, 0.5) is 5.82 Å². The van der Waals surface area contributed by atoms with E-state index in [1.807, 2.05) is 0 Å². The van der Waals surface area contributed by atoms with Gasteiger partial charge < -0.3 is 44.7 Å². The van der Waals surface area contributed by atoms with Crippen LogP contribution in [0.3, 0.4) is 0 Å². The topological polar surface area (TPSA) is 234 Å². The quantitative estimate of drug-likeness (QED) is 0.164. The maximum absolute atomic E-state index is 11.9. The van der Waals surface area contributed by atoms with Crippen molar-refractivity contribution in [3.63, 3.8) is 0 Å². The number of nitrogens with one attached hydrogen (secondary N) is 1. The van der Waals surface area contributed by atoms with E-state index < -0.39 is 56.8 Å². The molecule has 0 bridgehead atoms. The van der Waals surface area contributed by atoms with Gasteiger partial charge in [-0.05, 0) is 6.92 Å². The monoisotopic (exact) mass is 504 g/mol. The average Bonchev–Trinajstić information content (AvgIpc) is 3.49. The predicted octanol–water partition coefficient (Wildman–Crippen LogP) is -2.27. The lowest BCUT2D eigenvalue weighted by atomic mass is 10.1. The number of aliphatic hydroxyl groups is 2. The fraction of sp³-hybridized carbons (Fsp3) is 0.647. The first-order chi connectivity index (χ1) is 16.1. The SMILES string of the molecule is CCOC(=O)[C@H](OC[C@H]1O[C@@H](n2cnc3c(N)nc([C@H]4NCCO4)nc32)[C@H](O)[C@@H]1O)P(=O)(O)O. The molecule has 0 spiro atoms. The van der Waals surface area contributed by atoms with E-state index in [4.69, 9.17) is 19.9 Å². The molecular weight excluding hydrogens is 479 g/mol. The molecule has 0 radical (unpaired) electrons. The Kier molecular flexibility index (Phi) is 7.14. The van der Waals surface area contributed by atoms with Crippen molar-refractivity contribution < 1.29 is 48.3 Å². The van der Waals surface area contributed by atoms with Crippen LogP contribution in [0, 0.1) is 0 Å². The molecule has 4 rings (SSSR count). The number of fused-ring (bicyclic) bond motifs is 1. The number of anilines is 1. The largest absolute Gasteiger partial charge is 0.464 e. The Morgan fingerprint density at radius 3 is 2.79 bits per heavy atom. The summed E-state index contributed by atoms with van der Waals surface area (Å²) in [5, 5.41) is 24.1. The number of ether oxygens (including phenoxy) is 4. The van der Waals surface area contributed by atoms with E-state index in [0.29, 0.717) is 13.2 Å². The molecule has 2 aliphatic heterocycles. The molecule has 0 amide bonds. The number of hydrogen-bond donors (Lipinski definition) is 6. The molecule has 34 heavy (non-hydrogen) atoms. The third-order valence-corrected chi connectivity index (χ3v) is 6.21. The number of esters is 1. The Labute approximate surface area is 192 Å². The van der Waals surface area contributed by atoms with Crippen LogP contribution in [0.1, 0.15) is 25.2 Å². The molecular formula is C17H25N6O10P. The fourth-order valence-electron chi connectivity index (χ4n) is 3.65. The molecule has 7 N–H and O–H groups in total. The van der Waals surface area contributed by atoms with Gasteiger partial charge in [0.15, 0.2) is 29.7 Å². The van der Waals surface area contributed by atoms with Gasteiger partial charge in [-0.1, -0.05) is 0 Å². The Morgan fingerprint density at radius 2 is 2.15 bits per heavy atom. The van der Waals surface area contributed by atoms with Gasteiger partial charge in [0.05, 0.1) is 26.1 Å². The highest BCUT2D eigenvalue weighted by atomic mass is 31.2. The molecule has 0 unspecified atom stereocenters. The van der Waals surface area contributed by atoms with Crippen LogP contribution in [0.15, 0.2) is 6.33 Å². The second kappa shape index (κ2) is 9.77. The molecule has 0 aromatic carbocycles. The number of nitrogen functional groups attached to an aromatic ring is 1. The summed E-state index contributed by atoms with van der Waals surface area (Å²) in [7, 11) is -5.03. The summed E-state index contributed by atoms with van der Waals surface area (Å²) in [6.07, 6.45) is -4.76. The molecule has 188 valence electrons. The minimum absolute atomic E-state index is 0.0721. The lowest BCUT2D eigenvalue weighted by Gasteiger charge is -2.21. The van der Waals surface area contributed by atoms with Crippen molar-refractivity contribution in [1.29, 1.82) is 0 Å². The van der Waals surface area contributed by atoms with Crippen molar-refractivity contribution >= 4 is 30.5 Å². The van der Waals surface area contributed by atoms with E-state index in [-0.39, 0.29) is 29.4 Å². The Bertz CT molecular complexity index is 1090. The van der Waals surface area contributed by atoms with Crippen molar-refractivity contribution in [3.05, 3.63) is 12.2 Å². The molecule has 2 saturated heterocycles. The maximum atomic E-state index is 11.9. The van der Waals surface area contributed by atoms with E-state index >= 15 is 0 Å². The third-order valence-electron chi connectivity index (χ3n) is 5.24. The second-order valence-electron chi connectivity index (χ2n) is 7.57. The number of nitrogens with zero attached hydrogens (tertiary/aromatic N) is 4. The summed E-state index contributed by atoms with van der Waals surface area (Å²) in [5.41, 5.74) is 6.44. The number of nitrogens with two attached hydrogens (primary N) is 1. The third kappa shape index (κ3) is 4.77. The minimum Gasteiger partial charge on any atom is -0.464 e. The summed E-state index contributed by atoms with van der Waals surface area (Å²) >= 11 is 0. The van der Waals surface area contributed by atoms with Gasteiger partial charge in [-0.2, -0.15) is 0 Å². The van der Waals surface area contributed by atoms with E-state index in [0.717, 1.165) is 0 Å². The Balaban J connectivity index is 1.55. The number of imidazole rings is 1. The van der Waals surface area contributed by atoms with Crippen molar-refractivity contribution in [2.75, 3.05) is 32.1 Å². The van der Waals surface area contributed by atoms with Crippen LogP contribution >= 0.6 is 7.60 Å². The number of aromatic nitrogens is 4. The zero-order valence-electron chi connectivity index (χ0n) is 17.9. The zero-order valence-corrected chi connectivity index (χ0v) is 18.8. The van der Waals surface area contributed by atoms with Gasteiger partial charge in [0.1, 0.15) is 23.8 Å². The number of carbonyl (C=O) groups is 1. The van der Waals surface area contributed by atoms with E-state index in [2.05, 4.69) is 25.0 Å². The van der Waals surface area contributed by atoms with Crippen LogP contribution in [0.25, 0.3) is 11.2 Å². The van der Waals surface area contributed by atoms with Gasteiger partial charge in [-0.25, -0.2) is 19.7 Å². The standard InChI is InChI=1S/C17H25N6O10P/c1-2-30-16(26)17(34(27,28)29)32-5-7-9(24)10(25)15(33-7)23-6-20-8-11(18)21-12(22-13(8)23)14-19-3-4-31-14/h6-7,9-10,14-15,17,19,24-25H,2-5H2,1H3,(H2,18,21,22)(H2,27,28,29)/t7-,9-,10-,14+,15-,17-/m1/s1. The normalized spacial score (nSPS) is 28.4. The molecule has 16 nitrogen and oxygen atoms in total.